The molecular formula is C21H22F2N2O2. The van der Waals surface area contributed by atoms with Gasteiger partial charge in [0.25, 0.3) is 0 Å². The van der Waals surface area contributed by atoms with Crippen LogP contribution in [0.5, 0.6) is 0 Å². The minimum Gasteiger partial charge on any atom is -0.378 e. The van der Waals surface area contributed by atoms with Gasteiger partial charge in [0, 0.05) is 30.9 Å². The molecule has 1 fully saturated rings. The summed E-state index contributed by atoms with van der Waals surface area (Å²) in [6.45, 7) is 5.00. The number of morpholine rings is 1. The number of ether oxygens (including phenoxy) is 1. The van der Waals surface area contributed by atoms with E-state index in [0.717, 1.165) is 30.4 Å². The molecule has 1 amide bonds. The molecule has 4 nitrogen and oxygen atoms in total. The van der Waals surface area contributed by atoms with Gasteiger partial charge in [-0.2, -0.15) is 0 Å². The first-order chi connectivity index (χ1) is 13.0. The van der Waals surface area contributed by atoms with Crippen molar-refractivity contribution in [3.05, 3.63) is 71.3 Å². The summed E-state index contributed by atoms with van der Waals surface area (Å²) < 4.78 is 31.8. The molecule has 0 saturated carbocycles. The Morgan fingerprint density at radius 3 is 2.56 bits per heavy atom. The zero-order valence-corrected chi connectivity index (χ0v) is 15.1. The number of nitrogens with one attached hydrogen (secondary N) is 1. The highest BCUT2D eigenvalue weighted by atomic mass is 19.1. The number of nitrogens with zero attached hydrogens (tertiary/aromatic N) is 1. The summed E-state index contributed by atoms with van der Waals surface area (Å²) in [4.78, 5) is 14.4. The van der Waals surface area contributed by atoms with Crippen LogP contribution in [0.4, 0.5) is 14.5 Å². The van der Waals surface area contributed by atoms with Crippen LogP contribution in [0.1, 0.15) is 24.1 Å². The van der Waals surface area contributed by atoms with Crippen molar-refractivity contribution in [2.45, 2.75) is 13.0 Å². The van der Waals surface area contributed by atoms with E-state index in [1.807, 2.05) is 25.1 Å². The average molecular weight is 372 g/mol. The summed E-state index contributed by atoms with van der Waals surface area (Å²) in [5.74, 6) is -1.68. The Labute approximate surface area is 157 Å². The lowest BCUT2D eigenvalue weighted by Gasteiger charge is -2.29. The van der Waals surface area contributed by atoms with Gasteiger partial charge in [0.2, 0.25) is 5.91 Å². The van der Waals surface area contributed by atoms with Crippen molar-refractivity contribution in [1.29, 1.82) is 0 Å². The van der Waals surface area contributed by atoms with Gasteiger partial charge in [-0.05, 0) is 48.4 Å². The Morgan fingerprint density at radius 2 is 1.85 bits per heavy atom. The molecule has 2 aromatic rings. The van der Waals surface area contributed by atoms with Gasteiger partial charge in [-0.25, -0.2) is 8.78 Å². The minimum absolute atomic E-state index is 0.201. The van der Waals surface area contributed by atoms with E-state index in [1.54, 1.807) is 0 Å². The maximum absolute atomic E-state index is 13.2. The molecule has 1 unspecified atom stereocenters. The van der Waals surface area contributed by atoms with Crippen molar-refractivity contribution < 1.29 is 18.3 Å². The van der Waals surface area contributed by atoms with E-state index in [2.05, 4.69) is 16.3 Å². The number of halogens is 2. The Morgan fingerprint density at radius 1 is 1.15 bits per heavy atom. The van der Waals surface area contributed by atoms with E-state index in [-0.39, 0.29) is 11.9 Å². The fourth-order valence-electron chi connectivity index (χ4n) is 3.00. The van der Waals surface area contributed by atoms with E-state index in [9.17, 15) is 13.6 Å². The highest BCUT2D eigenvalue weighted by molar-refractivity contribution is 5.92. The zero-order valence-electron chi connectivity index (χ0n) is 15.1. The van der Waals surface area contributed by atoms with Crippen LogP contribution in [0.15, 0.2) is 48.5 Å². The molecule has 0 spiro atoms. The average Bonchev–Trinajstić information content (AvgIpc) is 2.66. The molecule has 1 heterocycles. The van der Waals surface area contributed by atoms with Crippen LogP contribution in [0, 0.1) is 11.6 Å². The molecule has 2 aromatic carbocycles. The second kappa shape index (κ2) is 8.77. The highest BCUT2D eigenvalue weighted by Gasteiger charge is 2.13. The Balaban J connectivity index is 1.63. The number of amides is 1. The first-order valence-electron chi connectivity index (χ1n) is 8.88. The maximum Gasteiger partial charge on any atom is 0.244 e. The molecule has 0 radical (unpaired) electrons. The van der Waals surface area contributed by atoms with Gasteiger partial charge in [-0.15, -0.1) is 0 Å². The van der Waals surface area contributed by atoms with Crippen molar-refractivity contribution in [2.75, 3.05) is 31.2 Å². The Kier molecular flexibility index (Phi) is 6.19. The van der Waals surface area contributed by atoms with Gasteiger partial charge in [0.15, 0.2) is 0 Å². The molecule has 6 heteroatoms. The van der Waals surface area contributed by atoms with E-state index in [1.165, 1.54) is 24.3 Å². The smallest absolute Gasteiger partial charge is 0.244 e. The second-order valence-electron chi connectivity index (χ2n) is 6.46. The lowest BCUT2D eigenvalue weighted by atomic mass is 10.1. The Bertz CT molecular complexity index is 812. The third-order valence-electron chi connectivity index (χ3n) is 4.42. The SMILES string of the molecule is CC(NC(=O)/C=C/c1cc(F)cc(F)c1)c1cccc(N2CCOCC2)c1. The maximum atomic E-state index is 13.2. The summed E-state index contributed by atoms with van der Waals surface area (Å²) in [7, 11) is 0. The van der Waals surface area contributed by atoms with Crippen molar-refractivity contribution in [2.24, 2.45) is 0 Å². The quantitative estimate of drug-likeness (QED) is 0.814. The minimum atomic E-state index is -0.677. The summed E-state index contributed by atoms with van der Waals surface area (Å²) >= 11 is 0. The molecule has 1 saturated heterocycles. The number of carbonyl (C=O) groups is 1. The number of rotatable bonds is 5. The largest absolute Gasteiger partial charge is 0.378 e. The molecule has 0 aromatic heterocycles. The number of benzene rings is 2. The van der Waals surface area contributed by atoms with Crippen LogP contribution in [-0.4, -0.2) is 32.2 Å². The summed E-state index contributed by atoms with van der Waals surface area (Å²) in [6.07, 6.45) is 2.66. The lowest BCUT2D eigenvalue weighted by molar-refractivity contribution is -0.117. The molecule has 1 aliphatic rings. The molecular weight excluding hydrogens is 350 g/mol. The van der Waals surface area contributed by atoms with Crippen LogP contribution in [-0.2, 0) is 9.53 Å². The third-order valence-corrected chi connectivity index (χ3v) is 4.42. The molecule has 0 aliphatic carbocycles. The Hall–Kier alpha value is -2.73. The van der Waals surface area contributed by atoms with Gasteiger partial charge in [-0.1, -0.05) is 12.1 Å². The van der Waals surface area contributed by atoms with Gasteiger partial charge in [0.1, 0.15) is 11.6 Å². The third kappa shape index (κ3) is 5.37. The first kappa shape index (κ1) is 19.0. The molecule has 27 heavy (non-hydrogen) atoms. The lowest BCUT2D eigenvalue weighted by Crippen LogP contribution is -2.36. The van der Waals surface area contributed by atoms with Crippen LogP contribution >= 0.6 is 0 Å². The van der Waals surface area contributed by atoms with Crippen molar-refractivity contribution in [3.8, 4) is 0 Å². The number of anilines is 1. The first-order valence-corrected chi connectivity index (χ1v) is 8.88. The van der Waals surface area contributed by atoms with Gasteiger partial charge < -0.3 is 15.0 Å². The molecule has 0 bridgehead atoms. The predicted octanol–water partition coefficient (Wildman–Crippen LogP) is 3.69. The monoisotopic (exact) mass is 372 g/mol. The molecule has 1 atom stereocenters. The second-order valence-corrected chi connectivity index (χ2v) is 6.46. The summed E-state index contributed by atoms with van der Waals surface area (Å²) in [5.41, 5.74) is 2.38. The normalized spacial score (nSPS) is 15.7. The van der Waals surface area contributed by atoms with Gasteiger partial charge in [-0.3, -0.25) is 4.79 Å². The zero-order chi connectivity index (χ0) is 19.2. The predicted molar refractivity (Wildman–Crippen MR) is 101 cm³/mol. The number of carbonyl (C=O) groups excluding carboxylic acids is 1. The highest BCUT2D eigenvalue weighted by Crippen LogP contribution is 2.21. The standard InChI is InChI=1S/C21H22F2N2O2/c1-15(17-3-2-4-20(13-17)25-7-9-27-10-8-25)24-21(26)6-5-16-11-18(22)14-19(23)12-16/h2-6,11-15H,7-10H2,1H3,(H,24,26)/b6-5+. The van der Waals surface area contributed by atoms with Crippen LogP contribution in [0.25, 0.3) is 6.08 Å². The van der Waals surface area contributed by atoms with E-state index >= 15 is 0 Å². The molecule has 1 N–H and O–H groups in total. The number of hydrogen-bond acceptors (Lipinski definition) is 3. The van der Waals surface area contributed by atoms with Crippen LogP contribution < -0.4 is 10.2 Å². The summed E-state index contributed by atoms with van der Waals surface area (Å²) in [5, 5.41) is 2.87. The van der Waals surface area contributed by atoms with Crippen molar-refractivity contribution in [1.82, 2.24) is 5.32 Å². The topological polar surface area (TPSA) is 41.6 Å². The van der Waals surface area contributed by atoms with Gasteiger partial charge in [0.05, 0.1) is 19.3 Å². The molecule has 3 rings (SSSR count). The van der Waals surface area contributed by atoms with Crippen LogP contribution in [0.2, 0.25) is 0 Å². The molecule has 142 valence electrons. The van der Waals surface area contributed by atoms with Crippen LogP contribution in [0.3, 0.4) is 0 Å². The summed E-state index contributed by atoms with van der Waals surface area (Å²) in [6, 6.07) is 11.0. The van der Waals surface area contributed by atoms with Gasteiger partial charge >= 0.3 is 0 Å². The fraction of sp³-hybridized carbons (Fsp3) is 0.286. The van der Waals surface area contributed by atoms with E-state index in [4.69, 9.17) is 4.74 Å². The van der Waals surface area contributed by atoms with E-state index < -0.39 is 11.6 Å². The van der Waals surface area contributed by atoms with Crippen molar-refractivity contribution in [3.63, 3.8) is 0 Å². The van der Waals surface area contributed by atoms with E-state index in [0.29, 0.717) is 18.8 Å². The number of hydrogen-bond donors (Lipinski definition) is 1. The van der Waals surface area contributed by atoms with Crippen molar-refractivity contribution >= 4 is 17.7 Å². The fourth-order valence-corrected chi connectivity index (χ4v) is 3.00. The molecule has 1 aliphatic heterocycles.